The first-order valence-electron chi connectivity index (χ1n) is 15.8. The molecule has 1 heterocycles. The lowest BCUT2D eigenvalue weighted by Crippen LogP contribution is -2.54. The van der Waals surface area contributed by atoms with Crippen LogP contribution in [0.15, 0.2) is 72.5 Å². The summed E-state index contributed by atoms with van der Waals surface area (Å²) >= 11 is 0. The second kappa shape index (κ2) is 17.3. The third-order valence-electron chi connectivity index (χ3n) is 8.68. The van der Waals surface area contributed by atoms with E-state index in [1.165, 1.54) is 0 Å². The summed E-state index contributed by atoms with van der Waals surface area (Å²) in [7, 11) is 4.12. The molecule has 2 aromatic carbocycles. The lowest BCUT2D eigenvalue weighted by molar-refractivity contribution is -0.136. The van der Waals surface area contributed by atoms with Gasteiger partial charge in [0, 0.05) is 25.2 Å². The summed E-state index contributed by atoms with van der Waals surface area (Å²) in [6, 6.07) is 19.8. The van der Waals surface area contributed by atoms with Crippen LogP contribution in [-0.4, -0.2) is 79.9 Å². The minimum absolute atomic E-state index is 0.0964. The molecule has 0 aromatic heterocycles. The second-order valence-corrected chi connectivity index (χ2v) is 12.0. The van der Waals surface area contributed by atoms with Crippen molar-refractivity contribution in [1.82, 2.24) is 20.4 Å². The van der Waals surface area contributed by atoms with E-state index in [0.717, 1.165) is 30.4 Å². The second-order valence-electron chi connectivity index (χ2n) is 12.0. The molecule has 1 fully saturated rings. The van der Waals surface area contributed by atoms with E-state index in [9.17, 15) is 9.59 Å². The van der Waals surface area contributed by atoms with Gasteiger partial charge in [-0.2, -0.15) is 0 Å². The minimum Gasteiger partial charge on any atom is -0.414 e. The van der Waals surface area contributed by atoms with Crippen molar-refractivity contribution < 1.29 is 14.3 Å². The molecule has 0 spiro atoms. The molecule has 2 amide bonds. The number of alkyl carbamates (subject to hydrolysis) is 1. The van der Waals surface area contributed by atoms with E-state index in [0.29, 0.717) is 38.1 Å². The van der Waals surface area contributed by atoms with E-state index in [-0.39, 0.29) is 24.5 Å². The Hall–Kier alpha value is -3.28. The van der Waals surface area contributed by atoms with Gasteiger partial charge in [-0.1, -0.05) is 60.7 Å². The van der Waals surface area contributed by atoms with Crippen LogP contribution in [0.1, 0.15) is 63.5 Å². The summed E-state index contributed by atoms with van der Waals surface area (Å²) in [5.74, 6) is 0.464. The van der Waals surface area contributed by atoms with Gasteiger partial charge in [-0.3, -0.25) is 10.1 Å². The SMILES string of the molecule is C/C=C(\OC(=O)NCC1CCCCN1C(=O)[C@@H](N)CCCNC(N)N)C(CC(C)N(C)C)(c1ccccc1)c1ccccc1. The molecule has 1 saturated heterocycles. The maximum atomic E-state index is 13.5. The molecule has 8 N–H and O–H groups in total. The summed E-state index contributed by atoms with van der Waals surface area (Å²) in [5, 5.41) is 5.91. The number of benzene rings is 2. The maximum absolute atomic E-state index is 13.5. The van der Waals surface area contributed by atoms with Crippen molar-refractivity contribution in [2.24, 2.45) is 17.2 Å². The monoisotopic (exact) mass is 607 g/mol. The molecule has 3 rings (SSSR count). The zero-order valence-electron chi connectivity index (χ0n) is 26.9. The van der Waals surface area contributed by atoms with E-state index in [4.69, 9.17) is 21.9 Å². The van der Waals surface area contributed by atoms with E-state index in [2.05, 4.69) is 60.8 Å². The number of amides is 2. The Morgan fingerprint density at radius 2 is 1.66 bits per heavy atom. The van der Waals surface area contributed by atoms with Crippen LogP contribution >= 0.6 is 0 Å². The highest BCUT2D eigenvalue weighted by atomic mass is 16.6. The Labute approximate surface area is 263 Å². The molecule has 10 nitrogen and oxygen atoms in total. The highest BCUT2D eigenvalue weighted by Crippen LogP contribution is 2.44. The minimum atomic E-state index is -0.708. The number of allylic oxidation sites excluding steroid dienone is 2. The van der Waals surface area contributed by atoms with E-state index >= 15 is 0 Å². The van der Waals surface area contributed by atoms with Gasteiger partial charge in [-0.05, 0) is 90.2 Å². The summed E-state index contributed by atoms with van der Waals surface area (Å²) in [6.07, 6.45) is 5.33. The fourth-order valence-electron chi connectivity index (χ4n) is 6.02. The molecule has 242 valence electrons. The largest absolute Gasteiger partial charge is 0.414 e. The molecule has 0 aliphatic carbocycles. The summed E-state index contributed by atoms with van der Waals surface area (Å²) in [5.41, 5.74) is 18.7. The molecule has 1 aliphatic rings. The van der Waals surface area contributed by atoms with Crippen molar-refractivity contribution in [2.45, 2.75) is 82.2 Å². The van der Waals surface area contributed by atoms with Crippen LogP contribution in [0.3, 0.4) is 0 Å². The van der Waals surface area contributed by atoms with E-state index in [1.54, 1.807) is 0 Å². The number of hydrogen-bond donors (Lipinski definition) is 5. The smallest absolute Gasteiger partial charge is 0.412 e. The van der Waals surface area contributed by atoms with Gasteiger partial charge in [0.2, 0.25) is 5.91 Å². The van der Waals surface area contributed by atoms with Crippen molar-refractivity contribution in [1.29, 1.82) is 0 Å². The van der Waals surface area contributed by atoms with Gasteiger partial charge < -0.3 is 37.1 Å². The Morgan fingerprint density at radius 3 is 2.20 bits per heavy atom. The predicted octanol–water partition coefficient (Wildman–Crippen LogP) is 3.22. The number of ether oxygens (including phenoxy) is 1. The van der Waals surface area contributed by atoms with Gasteiger partial charge in [0.05, 0.1) is 11.5 Å². The Bertz CT molecular complexity index is 1150. The molecular weight excluding hydrogens is 554 g/mol. The number of carbonyl (C=O) groups excluding carboxylic acids is 2. The van der Waals surface area contributed by atoms with Gasteiger partial charge in [0.25, 0.3) is 0 Å². The van der Waals surface area contributed by atoms with Crippen LogP contribution in [0.4, 0.5) is 4.79 Å². The van der Waals surface area contributed by atoms with Gasteiger partial charge in [-0.15, -0.1) is 0 Å². The first-order valence-corrected chi connectivity index (χ1v) is 15.8. The fraction of sp³-hybridized carbons (Fsp3) is 0.529. The highest BCUT2D eigenvalue weighted by Gasteiger charge is 2.42. The number of rotatable bonds is 15. The molecule has 2 unspecified atom stereocenters. The van der Waals surface area contributed by atoms with Gasteiger partial charge in [-0.25, -0.2) is 4.79 Å². The van der Waals surface area contributed by atoms with Gasteiger partial charge in [0.15, 0.2) is 0 Å². The van der Waals surface area contributed by atoms with Crippen LogP contribution in [0.2, 0.25) is 0 Å². The number of nitrogens with two attached hydrogens (primary N) is 3. The van der Waals surface area contributed by atoms with Crippen molar-refractivity contribution in [3.63, 3.8) is 0 Å². The number of nitrogens with one attached hydrogen (secondary N) is 2. The molecule has 0 radical (unpaired) electrons. The van der Waals surface area contributed by atoms with E-state index in [1.807, 2.05) is 54.3 Å². The summed E-state index contributed by atoms with van der Waals surface area (Å²) in [6.45, 7) is 5.58. The highest BCUT2D eigenvalue weighted by molar-refractivity contribution is 5.82. The number of hydrogen-bond acceptors (Lipinski definition) is 8. The van der Waals surface area contributed by atoms with Crippen LogP contribution < -0.4 is 27.8 Å². The maximum Gasteiger partial charge on any atom is 0.412 e. The molecular formula is C34H53N7O3. The molecule has 0 saturated carbocycles. The third-order valence-corrected chi connectivity index (χ3v) is 8.68. The Kier molecular flexibility index (Phi) is 13.8. The van der Waals surface area contributed by atoms with Gasteiger partial charge >= 0.3 is 6.09 Å². The van der Waals surface area contributed by atoms with Crippen molar-refractivity contribution in [3.05, 3.63) is 83.6 Å². The zero-order valence-corrected chi connectivity index (χ0v) is 26.9. The van der Waals surface area contributed by atoms with Crippen LogP contribution in [-0.2, 0) is 14.9 Å². The molecule has 1 aliphatic heterocycles. The topological polar surface area (TPSA) is 152 Å². The Balaban J connectivity index is 1.78. The quantitative estimate of drug-likeness (QED) is 0.118. The number of nitrogens with zero attached hydrogens (tertiary/aromatic N) is 2. The average Bonchev–Trinajstić information content (AvgIpc) is 3.03. The third kappa shape index (κ3) is 9.36. The Morgan fingerprint density at radius 1 is 1.05 bits per heavy atom. The number of piperidine rings is 1. The molecule has 10 heteroatoms. The van der Waals surface area contributed by atoms with Crippen LogP contribution in [0.5, 0.6) is 0 Å². The number of likely N-dealkylation sites (tertiary alicyclic amines) is 1. The number of carbonyl (C=O) groups is 2. The standard InChI is InChI=1S/C34H53N7O3/c1-5-30(34(23-25(2)40(3)4,26-15-8-6-9-16-26)27-17-10-7-11-18-27)44-33(43)39-24-28-19-12-13-22-41(28)31(42)29(35)20-14-21-38-32(36)37/h5-11,15-18,25,28-29,32,38H,12-14,19-24,35-37H2,1-4H3,(H,39,43)/b30-5-/t25?,28?,29-/m0/s1. The van der Waals surface area contributed by atoms with E-state index < -0.39 is 23.8 Å². The predicted molar refractivity (Wildman–Crippen MR) is 176 cm³/mol. The molecule has 2 aromatic rings. The van der Waals surface area contributed by atoms with Gasteiger partial charge in [0.1, 0.15) is 12.0 Å². The molecule has 0 bridgehead atoms. The zero-order chi connectivity index (χ0) is 32.1. The molecule has 3 atom stereocenters. The molecule has 44 heavy (non-hydrogen) atoms. The normalized spacial score (nSPS) is 17.4. The summed E-state index contributed by atoms with van der Waals surface area (Å²) in [4.78, 5) is 30.8. The van der Waals surface area contributed by atoms with Crippen molar-refractivity contribution in [2.75, 3.05) is 33.7 Å². The fourth-order valence-corrected chi connectivity index (χ4v) is 6.02. The lowest BCUT2D eigenvalue weighted by Gasteiger charge is -2.40. The first kappa shape index (κ1) is 35.2. The average molecular weight is 608 g/mol. The van der Waals surface area contributed by atoms with Crippen LogP contribution in [0.25, 0.3) is 0 Å². The van der Waals surface area contributed by atoms with Crippen molar-refractivity contribution in [3.8, 4) is 0 Å². The lowest BCUT2D eigenvalue weighted by atomic mass is 9.68. The summed E-state index contributed by atoms with van der Waals surface area (Å²) < 4.78 is 6.21. The first-order chi connectivity index (χ1) is 21.1. The van der Waals surface area contributed by atoms with Crippen molar-refractivity contribution >= 4 is 12.0 Å². The van der Waals surface area contributed by atoms with Crippen LogP contribution in [0, 0.1) is 0 Å².